The highest BCUT2D eigenvalue weighted by molar-refractivity contribution is 6.30. The smallest absolute Gasteiger partial charge is 0.338 e. The van der Waals surface area contributed by atoms with Crippen LogP contribution in [0.25, 0.3) is 0 Å². The van der Waals surface area contributed by atoms with Gasteiger partial charge >= 0.3 is 5.97 Å². The van der Waals surface area contributed by atoms with E-state index in [9.17, 15) is 9.59 Å². The van der Waals surface area contributed by atoms with Crippen molar-refractivity contribution >= 4 is 23.5 Å². The van der Waals surface area contributed by atoms with E-state index in [1.165, 1.54) is 17.2 Å². The van der Waals surface area contributed by atoms with Crippen LogP contribution in [0.5, 0.6) is 0 Å². The fourth-order valence-electron chi connectivity index (χ4n) is 3.13. The molecule has 0 atom stereocenters. The molecule has 0 aliphatic rings. The molecule has 148 valence electrons. The van der Waals surface area contributed by atoms with Crippen LogP contribution in [0.15, 0.2) is 84.9 Å². The topological polar surface area (TPSA) is 55.4 Å². The molecular formula is C24H22ClNO3. The standard InChI is InChI=1S/C24H22ClNO3/c25-21-13-7-12-20(16-21)24(28)29-17-23(27)26-15-14-22(18-8-3-1-4-9-18)19-10-5-2-6-11-19/h1-13,16,22H,14-15,17H2,(H,26,27). The second kappa shape index (κ2) is 10.4. The Labute approximate surface area is 175 Å². The zero-order valence-electron chi connectivity index (χ0n) is 15.9. The van der Waals surface area contributed by atoms with E-state index in [1.807, 2.05) is 36.4 Å². The van der Waals surface area contributed by atoms with Crippen molar-refractivity contribution in [3.63, 3.8) is 0 Å². The van der Waals surface area contributed by atoms with Gasteiger partial charge in [-0.1, -0.05) is 78.3 Å². The number of hydrogen-bond donors (Lipinski definition) is 1. The summed E-state index contributed by atoms with van der Waals surface area (Å²) >= 11 is 5.86. The zero-order chi connectivity index (χ0) is 20.5. The third-order valence-corrected chi connectivity index (χ3v) is 4.79. The number of nitrogens with one attached hydrogen (secondary N) is 1. The second-order valence-electron chi connectivity index (χ2n) is 6.60. The third-order valence-electron chi connectivity index (χ3n) is 4.55. The summed E-state index contributed by atoms with van der Waals surface area (Å²) in [6.45, 7) is 0.148. The number of carbonyl (C=O) groups is 2. The van der Waals surface area contributed by atoms with Crippen LogP contribution in [0.4, 0.5) is 0 Å². The molecule has 29 heavy (non-hydrogen) atoms. The van der Waals surface area contributed by atoms with E-state index in [0.29, 0.717) is 17.1 Å². The minimum absolute atomic E-state index is 0.173. The van der Waals surface area contributed by atoms with E-state index in [0.717, 1.165) is 6.42 Å². The molecule has 0 saturated heterocycles. The van der Waals surface area contributed by atoms with Crippen molar-refractivity contribution in [1.82, 2.24) is 5.32 Å². The molecule has 1 amide bonds. The summed E-state index contributed by atoms with van der Waals surface area (Å²) in [6, 6.07) is 26.8. The van der Waals surface area contributed by atoms with Crippen LogP contribution in [0, 0.1) is 0 Å². The first-order valence-corrected chi connectivity index (χ1v) is 9.80. The molecule has 5 heteroatoms. The number of amides is 1. The number of hydrogen-bond acceptors (Lipinski definition) is 3. The summed E-state index contributed by atoms with van der Waals surface area (Å²) in [5.74, 6) is -0.735. The van der Waals surface area contributed by atoms with Gasteiger partial charge in [0.25, 0.3) is 5.91 Å². The molecule has 3 aromatic rings. The number of carbonyl (C=O) groups excluding carboxylic acids is 2. The molecule has 0 aromatic heterocycles. The Balaban J connectivity index is 1.51. The van der Waals surface area contributed by atoms with Gasteiger partial charge in [-0.3, -0.25) is 4.79 Å². The fourth-order valence-corrected chi connectivity index (χ4v) is 3.32. The maximum absolute atomic E-state index is 12.1. The van der Waals surface area contributed by atoms with Crippen LogP contribution < -0.4 is 5.32 Å². The lowest BCUT2D eigenvalue weighted by molar-refractivity contribution is -0.124. The van der Waals surface area contributed by atoms with Crippen LogP contribution >= 0.6 is 11.6 Å². The summed E-state index contributed by atoms with van der Waals surface area (Å²) in [4.78, 5) is 24.1. The highest BCUT2D eigenvalue weighted by Gasteiger charge is 2.15. The van der Waals surface area contributed by atoms with E-state index >= 15 is 0 Å². The molecule has 0 saturated carbocycles. The van der Waals surface area contributed by atoms with Crippen molar-refractivity contribution < 1.29 is 14.3 Å². The fraction of sp³-hybridized carbons (Fsp3) is 0.167. The van der Waals surface area contributed by atoms with Gasteiger partial charge in [0.15, 0.2) is 6.61 Å². The Bertz CT molecular complexity index is 905. The Morgan fingerprint density at radius 3 is 2.07 bits per heavy atom. The van der Waals surface area contributed by atoms with Gasteiger partial charge in [-0.2, -0.15) is 0 Å². The van der Waals surface area contributed by atoms with E-state index < -0.39 is 5.97 Å². The van der Waals surface area contributed by atoms with Gasteiger partial charge in [0, 0.05) is 17.5 Å². The van der Waals surface area contributed by atoms with Gasteiger partial charge in [0.05, 0.1) is 5.56 Å². The van der Waals surface area contributed by atoms with E-state index in [1.54, 1.807) is 18.2 Å². The number of halogens is 1. The summed E-state index contributed by atoms with van der Waals surface area (Å²) in [6.07, 6.45) is 0.738. The van der Waals surface area contributed by atoms with Gasteiger partial charge in [-0.05, 0) is 35.7 Å². The molecule has 1 N–H and O–H groups in total. The summed E-state index contributed by atoms with van der Waals surface area (Å²) in [7, 11) is 0. The monoisotopic (exact) mass is 407 g/mol. The molecule has 0 fully saturated rings. The van der Waals surface area contributed by atoms with E-state index in [-0.39, 0.29) is 18.4 Å². The van der Waals surface area contributed by atoms with Crippen molar-refractivity contribution in [1.29, 1.82) is 0 Å². The van der Waals surface area contributed by atoms with Gasteiger partial charge < -0.3 is 10.1 Å². The lowest BCUT2D eigenvalue weighted by Crippen LogP contribution is -2.30. The number of rotatable bonds is 8. The van der Waals surface area contributed by atoms with E-state index in [2.05, 4.69) is 29.6 Å². The predicted octanol–water partition coefficient (Wildman–Crippen LogP) is 4.84. The first-order chi connectivity index (χ1) is 14.1. The van der Waals surface area contributed by atoms with Crippen molar-refractivity contribution in [2.45, 2.75) is 12.3 Å². The Kier molecular flexibility index (Phi) is 7.42. The van der Waals surface area contributed by atoms with Crippen LogP contribution in [-0.4, -0.2) is 25.0 Å². The van der Waals surface area contributed by atoms with Gasteiger partial charge in [-0.15, -0.1) is 0 Å². The van der Waals surface area contributed by atoms with Crippen LogP contribution in [0.3, 0.4) is 0 Å². The van der Waals surface area contributed by atoms with Crippen molar-refractivity contribution in [3.05, 3.63) is 107 Å². The number of benzene rings is 3. The van der Waals surface area contributed by atoms with Crippen LogP contribution in [-0.2, 0) is 9.53 Å². The normalized spacial score (nSPS) is 10.6. The van der Waals surface area contributed by atoms with Crippen molar-refractivity contribution in [2.75, 3.05) is 13.2 Å². The van der Waals surface area contributed by atoms with E-state index in [4.69, 9.17) is 16.3 Å². The quantitative estimate of drug-likeness (QED) is 0.544. The molecule has 0 bridgehead atoms. The minimum Gasteiger partial charge on any atom is -0.452 e. The maximum atomic E-state index is 12.1. The molecule has 3 rings (SSSR count). The van der Waals surface area contributed by atoms with Crippen molar-refractivity contribution in [3.8, 4) is 0 Å². The second-order valence-corrected chi connectivity index (χ2v) is 7.04. The third kappa shape index (κ3) is 6.19. The highest BCUT2D eigenvalue weighted by Crippen LogP contribution is 2.27. The minimum atomic E-state index is -0.575. The largest absolute Gasteiger partial charge is 0.452 e. The van der Waals surface area contributed by atoms with Crippen LogP contribution in [0.1, 0.15) is 33.8 Å². The molecule has 0 aliphatic carbocycles. The molecule has 4 nitrogen and oxygen atoms in total. The maximum Gasteiger partial charge on any atom is 0.338 e. The SMILES string of the molecule is O=C(COC(=O)c1cccc(Cl)c1)NCCC(c1ccccc1)c1ccccc1. The highest BCUT2D eigenvalue weighted by atomic mass is 35.5. The predicted molar refractivity (Wildman–Crippen MR) is 114 cm³/mol. The average molecular weight is 408 g/mol. The molecule has 0 spiro atoms. The van der Waals surface area contributed by atoms with Gasteiger partial charge in [0.2, 0.25) is 0 Å². The summed E-state index contributed by atoms with van der Waals surface area (Å²) < 4.78 is 5.06. The molecule has 0 aliphatic heterocycles. The lowest BCUT2D eigenvalue weighted by Gasteiger charge is -2.18. The number of esters is 1. The molecule has 0 unspecified atom stereocenters. The number of ether oxygens (including phenoxy) is 1. The average Bonchev–Trinajstić information content (AvgIpc) is 2.76. The summed E-state index contributed by atoms with van der Waals surface area (Å²) in [5, 5.41) is 3.27. The lowest BCUT2D eigenvalue weighted by atomic mass is 9.88. The Morgan fingerprint density at radius 2 is 1.48 bits per heavy atom. The summed E-state index contributed by atoms with van der Waals surface area (Å²) in [5.41, 5.74) is 2.71. The molecule has 0 radical (unpaired) electrons. The molecule has 3 aromatic carbocycles. The Morgan fingerprint density at radius 1 is 0.862 bits per heavy atom. The van der Waals surface area contributed by atoms with Crippen LogP contribution in [0.2, 0.25) is 5.02 Å². The first-order valence-electron chi connectivity index (χ1n) is 9.43. The van der Waals surface area contributed by atoms with Gasteiger partial charge in [-0.25, -0.2) is 4.79 Å². The van der Waals surface area contributed by atoms with Gasteiger partial charge in [0.1, 0.15) is 0 Å². The van der Waals surface area contributed by atoms with Crippen molar-refractivity contribution in [2.24, 2.45) is 0 Å². The molecular weight excluding hydrogens is 386 g/mol. The zero-order valence-corrected chi connectivity index (χ0v) is 16.6. The first kappa shape index (κ1) is 20.6. The Hall–Kier alpha value is -3.11. The molecule has 0 heterocycles.